The molecule has 0 bridgehead atoms. The van der Waals surface area contributed by atoms with Gasteiger partial charge in [-0.25, -0.2) is 0 Å². The lowest BCUT2D eigenvalue weighted by atomic mass is 10.00. The van der Waals surface area contributed by atoms with E-state index in [1.165, 1.54) is 11.1 Å². The summed E-state index contributed by atoms with van der Waals surface area (Å²) in [6.45, 7) is 10.2. The van der Waals surface area contributed by atoms with Crippen molar-refractivity contribution in [1.82, 2.24) is 10.6 Å². The van der Waals surface area contributed by atoms with Gasteiger partial charge in [0.2, 0.25) is 5.91 Å². The first kappa shape index (κ1) is 16.0. The Morgan fingerprint density at radius 3 is 2.48 bits per heavy atom. The molecule has 116 valence electrons. The Balaban J connectivity index is 1.82. The predicted molar refractivity (Wildman–Crippen MR) is 87.5 cm³/mol. The highest BCUT2D eigenvalue weighted by molar-refractivity contribution is 5.82. The quantitative estimate of drug-likeness (QED) is 0.810. The van der Waals surface area contributed by atoms with E-state index in [1.54, 1.807) is 0 Å². The van der Waals surface area contributed by atoms with E-state index >= 15 is 0 Å². The molecule has 3 heteroatoms. The van der Waals surface area contributed by atoms with Gasteiger partial charge in [0, 0.05) is 18.5 Å². The van der Waals surface area contributed by atoms with Crippen LogP contribution in [-0.4, -0.2) is 25.0 Å². The molecule has 1 fully saturated rings. The highest BCUT2D eigenvalue weighted by Gasteiger charge is 2.43. The fourth-order valence-electron chi connectivity index (χ4n) is 2.79. The van der Waals surface area contributed by atoms with Gasteiger partial charge in [0.1, 0.15) is 0 Å². The van der Waals surface area contributed by atoms with Crippen molar-refractivity contribution in [1.29, 1.82) is 0 Å². The van der Waals surface area contributed by atoms with Gasteiger partial charge in [0.15, 0.2) is 0 Å². The number of hydrogen-bond acceptors (Lipinski definition) is 2. The Labute approximate surface area is 128 Å². The Morgan fingerprint density at radius 2 is 1.90 bits per heavy atom. The first-order valence-electron chi connectivity index (χ1n) is 8.13. The third kappa shape index (κ3) is 4.31. The molecule has 1 aromatic rings. The topological polar surface area (TPSA) is 41.1 Å². The van der Waals surface area contributed by atoms with Gasteiger partial charge in [-0.3, -0.25) is 4.79 Å². The summed E-state index contributed by atoms with van der Waals surface area (Å²) in [5, 5.41) is 6.36. The molecule has 3 nitrogen and oxygen atoms in total. The minimum atomic E-state index is 0.170. The third-order valence-corrected chi connectivity index (χ3v) is 4.29. The first-order valence-corrected chi connectivity index (χ1v) is 8.13. The molecular formula is C18H28N2O. The predicted octanol–water partition coefficient (Wildman–Crippen LogP) is 3.03. The smallest absolute Gasteiger partial charge is 0.223 e. The van der Waals surface area contributed by atoms with Crippen LogP contribution in [0.3, 0.4) is 0 Å². The number of amides is 1. The number of likely N-dealkylation sites (N-methyl/N-ethyl adjacent to an activating group) is 1. The van der Waals surface area contributed by atoms with E-state index < -0.39 is 0 Å². The van der Waals surface area contributed by atoms with Gasteiger partial charge >= 0.3 is 0 Å². The highest BCUT2D eigenvalue weighted by Crippen LogP contribution is 2.47. The van der Waals surface area contributed by atoms with Crippen LogP contribution in [0.15, 0.2) is 24.3 Å². The summed E-state index contributed by atoms with van der Waals surface area (Å²) < 4.78 is 0. The second-order valence-corrected chi connectivity index (χ2v) is 6.47. The van der Waals surface area contributed by atoms with Crippen LogP contribution >= 0.6 is 0 Å². The van der Waals surface area contributed by atoms with Crippen LogP contribution in [0.2, 0.25) is 0 Å². The molecule has 1 aliphatic rings. The highest BCUT2D eigenvalue weighted by atomic mass is 16.2. The lowest BCUT2D eigenvalue weighted by Gasteiger charge is -2.13. The van der Waals surface area contributed by atoms with E-state index in [1.807, 2.05) is 0 Å². The molecular weight excluding hydrogens is 260 g/mol. The molecule has 0 aliphatic heterocycles. The fraction of sp³-hybridized carbons (Fsp3) is 0.611. The number of rotatable bonds is 7. The zero-order valence-corrected chi connectivity index (χ0v) is 13.6. The van der Waals surface area contributed by atoms with Gasteiger partial charge in [-0.05, 0) is 42.9 Å². The molecule has 0 aromatic heterocycles. The van der Waals surface area contributed by atoms with Crippen molar-refractivity contribution in [2.45, 2.75) is 52.0 Å². The molecule has 0 saturated heterocycles. The van der Waals surface area contributed by atoms with Gasteiger partial charge in [0.05, 0.1) is 0 Å². The molecule has 2 N–H and O–H groups in total. The van der Waals surface area contributed by atoms with Crippen molar-refractivity contribution >= 4 is 5.91 Å². The van der Waals surface area contributed by atoms with Crippen molar-refractivity contribution in [3.63, 3.8) is 0 Å². The summed E-state index contributed by atoms with van der Waals surface area (Å²) in [5.41, 5.74) is 2.67. The molecule has 0 radical (unpaired) electrons. The molecule has 1 amide bonds. The lowest BCUT2D eigenvalue weighted by molar-refractivity contribution is -0.122. The van der Waals surface area contributed by atoms with E-state index in [-0.39, 0.29) is 11.8 Å². The van der Waals surface area contributed by atoms with Crippen molar-refractivity contribution < 1.29 is 4.79 Å². The molecule has 1 aliphatic carbocycles. The molecule has 3 atom stereocenters. The molecule has 0 spiro atoms. The normalized spacial score (nSPS) is 22.1. The first-order chi connectivity index (χ1) is 10.0. The number of carbonyl (C=O) groups is 1. The van der Waals surface area contributed by atoms with Gasteiger partial charge in [-0.15, -0.1) is 0 Å². The minimum absolute atomic E-state index is 0.170. The Morgan fingerprint density at radius 1 is 1.24 bits per heavy atom. The standard InChI is InChI=1S/C18H28N2O/c1-5-19-13(4)11-20-18(21)17-10-16(17)15-8-6-14(7-9-15)12(2)3/h6-9,12-13,16-17,19H,5,10-11H2,1-4H3,(H,20,21)/t13-,16?,17?/m1/s1. The minimum Gasteiger partial charge on any atom is -0.354 e. The van der Waals surface area contributed by atoms with Crippen LogP contribution in [0.5, 0.6) is 0 Å². The monoisotopic (exact) mass is 288 g/mol. The zero-order chi connectivity index (χ0) is 15.4. The molecule has 1 saturated carbocycles. The summed E-state index contributed by atoms with van der Waals surface area (Å²) in [5.74, 6) is 1.35. The van der Waals surface area contributed by atoms with Crippen LogP contribution in [0.1, 0.15) is 57.1 Å². The van der Waals surface area contributed by atoms with Crippen LogP contribution in [-0.2, 0) is 4.79 Å². The lowest BCUT2D eigenvalue weighted by Crippen LogP contribution is -2.39. The van der Waals surface area contributed by atoms with Crippen molar-refractivity contribution in [2.24, 2.45) is 5.92 Å². The summed E-state index contributed by atoms with van der Waals surface area (Å²) >= 11 is 0. The maximum Gasteiger partial charge on any atom is 0.223 e. The van der Waals surface area contributed by atoms with Crippen molar-refractivity contribution in [2.75, 3.05) is 13.1 Å². The summed E-state index contributed by atoms with van der Waals surface area (Å²) in [6.07, 6.45) is 0.989. The molecule has 21 heavy (non-hydrogen) atoms. The number of benzene rings is 1. The van der Waals surface area contributed by atoms with Crippen LogP contribution in [0.4, 0.5) is 0 Å². The van der Waals surface area contributed by atoms with E-state index in [2.05, 4.69) is 62.6 Å². The maximum atomic E-state index is 12.1. The molecule has 2 unspecified atom stereocenters. The SMILES string of the molecule is CCN[C@H](C)CNC(=O)C1CC1c1ccc(C(C)C)cc1. The van der Waals surface area contributed by atoms with Gasteiger partial charge < -0.3 is 10.6 Å². The van der Waals surface area contributed by atoms with E-state index in [4.69, 9.17) is 0 Å². The van der Waals surface area contributed by atoms with E-state index in [0.29, 0.717) is 24.4 Å². The number of carbonyl (C=O) groups excluding carboxylic acids is 1. The Kier molecular flexibility index (Phi) is 5.40. The molecule has 2 rings (SSSR count). The second-order valence-electron chi connectivity index (χ2n) is 6.47. The largest absolute Gasteiger partial charge is 0.354 e. The number of hydrogen-bond donors (Lipinski definition) is 2. The Hall–Kier alpha value is -1.35. The van der Waals surface area contributed by atoms with Gasteiger partial charge in [0.25, 0.3) is 0 Å². The summed E-state index contributed by atoms with van der Waals surface area (Å²) in [7, 11) is 0. The van der Waals surface area contributed by atoms with Crippen molar-refractivity contribution in [3.8, 4) is 0 Å². The van der Waals surface area contributed by atoms with Gasteiger partial charge in [-0.2, -0.15) is 0 Å². The molecule has 0 heterocycles. The van der Waals surface area contributed by atoms with E-state index in [9.17, 15) is 4.79 Å². The zero-order valence-electron chi connectivity index (χ0n) is 13.6. The van der Waals surface area contributed by atoms with Crippen LogP contribution < -0.4 is 10.6 Å². The maximum absolute atomic E-state index is 12.1. The van der Waals surface area contributed by atoms with Crippen LogP contribution in [0, 0.1) is 5.92 Å². The fourth-order valence-corrected chi connectivity index (χ4v) is 2.79. The Bertz CT molecular complexity index is 467. The summed E-state index contributed by atoms with van der Waals surface area (Å²) in [6, 6.07) is 9.10. The second kappa shape index (κ2) is 7.08. The van der Waals surface area contributed by atoms with Crippen LogP contribution in [0.25, 0.3) is 0 Å². The average molecular weight is 288 g/mol. The van der Waals surface area contributed by atoms with E-state index in [0.717, 1.165) is 13.0 Å². The molecule has 1 aromatic carbocycles. The average Bonchev–Trinajstić information content (AvgIpc) is 3.25. The third-order valence-electron chi connectivity index (χ3n) is 4.29. The number of nitrogens with one attached hydrogen (secondary N) is 2. The summed E-state index contributed by atoms with van der Waals surface area (Å²) in [4.78, 5) is 12.1. The van der Waals surface area contributed by atoms with Gasteiger partial charge in [-0.1, -0.05) is 45.0 Å². The van der Waals surface area contributed by atoms with Crippen molar-refractivity contribution in [3.05, 3.63) is 35.4 Å².